The molecule has 1 N–H and O–H groups in total. The minimum atomic E-state index is -4.04. The lowest BCUT2D eigenvalue weighted by atomic mass is 10.1. The summed E-state index contributed by atoms with van der Waals surface area (Å²) in [6.45, 7) is 0. The number of benzene rings is 2. The summed E-state index contributed by atoms with van der Waals surface area (Å²) in [5.74, 6) is -0.179. The zero-order chi connectivity index (χ0) is 22.2. The number of methoxy groups -OCH3 is 2. The average molecular weight is 440 g/mol. The maximum Gasteiger partial charge on any atom is 0.303 e. The van der Waals surface area contributed by atoms with Crippen molar-refractivity contribution in [2.24, 2.45) is 0 Å². The molecular weight excluding hydrogens is 420 g/mol. The van der Waals surface area contributed by atoms with Crippen molar-refractivity contribution in [3.8, 4) is 11.5 Å². The smallest absolute Gasteiger partial charge is 0.303 e. The summed E-state index contributed by atoms with van der Waals surface area (Å²) in [4.78, 5) is 15.4. The van der Waals surface area contributed by atoms with E-state index in [1.54, 1.807) is 42.6 Å². The van der Waals surface area contributed by atoms with Gasteiger partial charge in [0.25, 0.3) is 10.0 Å². The van der Waals surface area contributed by atoms with E-state index in [0.29, 0.717) is 38.9 Å². The Balaban J connectivity index is 2.00. The molecule has 4 aromatic rings. The number of carboxylic acids is 1. The molecule has 8 nitrogen and oxygen atoms in total. The van der Waals surface area contributed by atoms with Crippen LogP contribution in [0.2, 0.25) is 0 Å². The van der Waals surface area contributed by atoms with Gasteiger partial charge in [-0.2, -0.15) is 0 Å². The van der Waals surface area contributed by atoms with Crippen molar-refractivity contribution in [1.29, 1.82) is 0 Å². The van der Waals surface area contributed by atoms with E-state index in [0.717, 1.165) is 3.97 Å². The Bertz CT molecular complexity index is 1400. The fourth-order valence-electron chi connectivity index (χ4n) is 3.62. The lowest BCUT2D eigenvalue weighted by Gasteiger charge is -2.12. The predicted octanol–water partition coefficient (Wildman–Crippen LogP) is 3.46. The van der Waals surface area contributed by atoms with E-state index < -0.39 is 16.0 Å². The van der Waals surface area contributed by atoms with Gasteiger partial charge in [0.1, 0.15) is 4.90 Å². The number of ether oxygens (including phenoxy) is 2. The first-order valence-electron chi connectivity index (χ1n) is 9.44. The number of hydrogen-bond acceptors (Lipinski definition) is 6. The Labute approximate surface area is 178 Å². The van der Waals surface area contributed by atoms with Gasteiger partial charge in [0, 0.05) is 35.7 Å². The second kappa shape index (κ2) is 7.92. The topological polar surface area (TPSA) is 108 Å². The Kier molecular flexibility index (Phi) is 5.28. The van der Waals surface area contributed by atoms with Gasteiger partial charge in [-0.15, -0.1) is 0 Å². The number of fused-ring (bicyclic) bond motifs is 2. The summed E-state index contributed by atoms with van der Waals surface area (Å²) in [5, 5.41) is 10.4. The highest BCUT2D eigenvalue weighted by Crippen LogP contribution is 2.37. The second-order valence-corrected chi connectivity index (χ2v) is 8.69. The number of aryl methyl sites for hydroxylation is 1. The number of carboxylic acid groups (broad SMARTS) is 1. The van der Waals surface area contributed by atoms with Crippen LogP contribution >= 0.6 is 0 Å². The number of rotatable bonds is 7. The maximum absolute atomic E-state index is 13.7. The first-order chi connectivity index (χ1) is 14.9. The minimum absolute atomic E-state index is 0.0575. The third-order valence-electron chi connectivity index (χ3n) is 5.10. The molecule has 2 aromatic carbocycles. The molecule has 31 heavy (non-hydrogen) atoms. The van der Waals surface area contributed by atoms with E-state index in [9.17, 15) is 13.2 Å². The number of pyridine rings is 1. The number of para-hydroxylation sites is 1. The Hall–Kier alpha value is -3.59. The number of aliphatic carboxylic acids is 1. The van der Waals surface area contributed by atoms with Gasteiger partial charge in [-0.05, 0) is 30.2 Å². The van der Waals surface area contributed by atoms with Gasteiger partial charge in [0.2, 0.25) is 0 Å². The molecule has 0 atom stereocenters. The zero-order valence-corrected chi connectivity index (χ0v) is 17.7. The number of aromatic nitrogens is 2. The van der Waals surface area contributed by atoms with E-state index in [-0.39, 0.29) is 17.7 Å². The lowest BCUT2D eigenvalue weighted by Crippen LogP contribution is -2.13. The molecule has 9 heteroatoms. The summed E-state index contributed by atoms with van der Waals surface area (Å²) in [6.07, 6.45) is 3.03. The molecule has 2 aromatic heterocycles. The number of nitrogens with zero attached hydrogens (tertiary/aromatic N) is 2. The molecule has 0 aliphatic heterocycles. The minimum Gasteiger partial charge on any atom is -0.493 e. The van der Waals surface area contributed by atoms with Crippen molar-refractivity contribution >= 4 is 37.8 Å². The second-order valence-electron chi connectivity index (χ2n) is 6.90. The van der Waals surface area contributed by atoms with Crippen LogP contribution in [0.5, 0.6) is 11.5 Å². The monoisotopic (exact) mass is 440 g/mol. The van der Waals surface area contributed by atoms with Crippen molar-refractivity contribution in [1.82, 2.24) is 8.96 Å². The van der Waals surface area contributed by atoms with Crippen molar-refractivity contribution in [3.63, 3.8) is 0 Å². The summed E-state index contributed by atoms with van der Waals surface area (Å²) < 4.78 is 39.3. The molecule has 0 aliphatic carbocycles. The van der Waals surface area contributed by atoms with Crippen molar-refractivity contribution in [2.75, 3.05) is 14.2 Å². The van der Waals surface area contributed by atoms with Crippen molar-refractivity contribution in [2.45, 2.75) is 17.7 Å². The summed E-state index contributed by atoms with van der Waals surface area (Å²) in [6, 6.07) is 11.7. The molecular formula is C22H20N2O6S. The molecule has 0 aliphatic rings. The van der Waals surface area contributed by atoms with Crippen molar-refractivity contribution < 1.29 is 27.8 Å². The first-order valence-corrected chi connectivity index (χ1v) is 10.9. The van der Waals surface area contributed by atoms with E-state index in [1.807, 2.05) is 0 Å². The van der Waals surface area contributed by atoms with Crippen LogP contribution in [0.15, 0.2) is 59.8 Å². The van der Waals surface area contributed by atoms with Gasteiger partial charge in [0.15, 0.2) is 11.5 Å². The molecule has 2 heterocycles. The molecule has 0 amide bonds. The lowest BCUT2D eigenvalue weighted by molar-refractivity contribution is -0.136. The van der Waals surface area contributed by atoms with Gasteiger partial charge in [0.05, 0.1) is 25.3 Å². The normalized spacial score (nSPS) is 11.7. The van der Waals surface area contributed by atoms with Gasteiger partial charge in [-0.1, -0.05) is 18.2 Å². The number of hydrogen-bond donors (Lipinski definition) is 1. The van der Waals surface area contributed by atoms with Crippen LogP contribution in [0.25, 0.3) is 21.8 Å². The Morgan fingerprint density at radius 1 is 1.10 bits per heavy atom. The molecule has 160 valence electrons. The molecule has 0 unspecified atom stereocenters. The fourth-order valence-corrected chi connectivity index (χ4v) is 5.17. The van der Waals surface area contributed by atoms with E-state index in [4.69, 9.17) is 14.6 Å². The van der Waals surface area contributed by atoms with E-state index in [2.05, 4.69) is 4.98 Å². The summed E-state index contributed by atoms with van der Waals surface area (Å²) in [5.41, 5.74) is 1.31. The number of carbonyl (C=O) groups is 1. The molecule has 0 saturated heterocycles. The van der Waals surface area contributed by atoms with Crippen LogP contribution in [0, 0.1) is 0 Å². The Morgan fingerprint density at radius 2 is 1.81 bits per heavy atom. The third-order valence-corrected chi connectivity index (χ3v) is 6.80. The van der Waals surface area contributed by atoms with Gasteiger partial charge >= 0.3 is 5.97 Å². The third kappa shape index (κ3) is 3.57. The Morgan fingerprint density at radius 3 is 2.52 bits per heavy atom. The van der Waals surface area contributed by atoms with Crippen LogP contribution in [-0.4, -0.2) is 42.7 Å². The highest BCUT2D eigenvalue weighted by Gasteiger charge is 2.25. The molecule has 0 spiro atoms. The van der Waals surface area contributed by atoms with Crippen LogP contribution in [-0.2, 0) is 21.2 Å². The van der Waals surface area contributed by atoms with Gasteiger partial charge in [-0.3, -0.25) is 9.78 Å². The fraction of sp³-hybridized carbons (Fsp3) is 0.182. The van der Waals surface area contributed by atoms with Crippen molar-refractivity contribution in [3.05, 3.63) is 60.4 Å². The average Bonchev–Trinajstić information content (AvgIpc) is 3.14. The van der Waals surface area contributed by atoms with Crippen LogP contribution in [0.4, 0.5) is 0 Å². The van der Waals surface area contributed by atoms with Crippen LogP contribution < -0.4 is 9.47 Å². The first kappa shape index (κ1) is 20.7. The predicted molar refractivity (Wildman–Crippen MR) is 115 cm³/mol. The summed E-state index contributed by atoms with van der Waals surface area (Å²) >= 11 is 0. The van der Waals surface area contributed by atoms with Crippen LogP contribution in [0.3, 0.4) is 0 Å². The molecule has 0 radical (unpaired) electrons. The standard InChI is InChI=1S/C22H20N2O6S/c1-29-18-11-16-15(8-9-21(25)26)13-24(17(16)12-19(18)30-2)31(27,28)20-7-3-5-14-6-4-10-23-22(14)20/h3-7,10-13H,8-9H2,1-2H3,(H,25,26). The van der Waals surface area contributed by atoms with E-state index in [1.165, 1.54) is 26.5 Å². The van der Waals surface area contributed by atoms with Crippen LogP contribution in [0.1, 0.15) is 12.0 Å². The van der Waals surface area contributed by atoms with Gasteiger partial charge in [-0.25, -0.2) is 12.4 Å². The highest BCUT2D eigenvalue weighted by molar-refractivity contribution is 7.90. The molecule has 0 bridgehead atoms. The maximum atomic E-state index is 13.7. The highest BCUT2D eigenvalue weighted by atomic mass is 32.2. The largest absolute Gasteiger partial charge is 0.493 e. The van der Waals surface area contributed by atoms with Gasteiger partial charge < -0.3 is 14.6 Å². The SMILES string of the molecule is COc1cc2c(CCC(=O)O)cn(S(=O)(=O)c3cccc4cccnc34)c2cc1OC. The zero-order valence-electron chi connectivity index (χ0n) is 16.9. The molecule has 0 saturated carbocycles. The molecule has 4 rings (SSSR count). The van der Waals surface area contributed by atoms with E-state index >= 15 is 0 Å². The summed E-state index contributed by atoms with van der Waals surface area (Å²) in [7, 11) is -1.10. The molecule has 0 fully saturated rings. The quantitative estimate of drug-likeness (QED) is 0.469.